The molecule has 0 fully saturated rings. The van der Waals surface area contributed by atoms with Crippen molar-refractivity contribution in [1.82, 2.24) is 20.2 Å². The summed E-state index contributed by atoms with van der Waals surface area (Å²) in [5.41, 5.74) is 3.00. The zero-order chi connectivity index (χ0) is 15.4. The van der Waals surface area contributed by atoms with E-state index in [9.17, 15) is 0 Å². The molecule has 2 aromatic heterocycles. The van der Waals surface area contributed by atoms with Crippen molar-refractivity contribution < 1.29 is 4.74 Å². The highest BCUT2D eigenvalue weighted by molar-refractivity contribution is 5.40. The molecule has 0 radical (unpaired) electrons. The second-order valence-corrected chi connectivity index (χ2v) is 5.53. The van der Waals surface area contributed by atoms with Gasteiger partial charge < -0.3 is 9.64 Å². The van der Waals surface area contributed by atoms with Crippen LogP contribution in [-0.4, -0.2) is 34.3 Å². The van der Waals surface area contributed by atoms with Gasteiger partial charge in [-0.1, -0.05) is 13.8 Å². The second kappa shape index (κ2) is 6.67. The highest BCUT2D eigenvalue weighted by Crippen LogP contribution is 2.19. The number of aryl methyl sites for hydroxylation is 1. The molecule has 0 saturated heterocycles. The summed E-state index contributed by atoms with van der Waals surface area (Å²) in [6.07, 6.45) is 0. The van der Waals surface area contributed by atoms with Gasteiger partial charge in [0, 0.05) is 25.9 Å². The summed E-state index contributed by atoms with van der Waals surface area (Å²) in [5, 5.41) is 7.23. The van der Waals surface area contributed by atoms with Gasteiger partial charge in [0.15, 0.2) is 0 Å². The summed E-state index contributed by atoms with van der Waals surface area (Å²) in [6.45, 7) is 7.43. The van der Waals surface area contributed by atoms with Crippen LogP contribution in [0.2, 0.25) is 0 Å². The SMILES string of the molecule is COCc1cc(CN(C)c2cc(C(C)C)nc(C)n2)[nH]n1. The lowest BCUT2D eigenvalue weighted by molar-refractivity contribution is 0.181. The summed E-state index contributed by atoms with van der Waals surface area (Å²) in [7, 11) is 3.68. The van der Waals surface area contributed by atoms with E-state index in [2.05, 4.69) is 38.9 Å². The van der Waals surface area contributed by atoms with Crippen molar-refractivity contribution in [2.24, 2.45) is 0 Å². The summed E-state index contributed by atoms with van der Waals surface area (Å²) in [6, 6.07) is 4.06. The average molecular weight is 289 g/mol. The third-order valence-corrected chi connectivity index (χ3v) is 3.21. The summed E-state index contributed by atoms with van der Waals surface area (Å²) >= 11 is 0. The van der Waals surface area contributed by atoms with Crippen LogP contribution in [0, 0.1) is 6.92 Å². The van der Waals surface area contributed by atoms with E-state index in [4.69, 9.17) is 4.74 Å². The van der Waals surface area contributed by atoms with E-state index in [1.807, 2.05) is 26.1 Å². The Morgan fingerprint density at radius 2 is 2.05 bits per heavy atom. The number of aromatic amines is 1. The zero-order valence-corrected chi connectivity index (χ0v) is 13.3. The van der Waals surface area contributed by atoms with E-state index in [0.29, 0.717) is 19.1 Å². The van der Waals surface area contributed by atoms with Crippen LogP contribution in [0.3, 0.4) is 0 Å². The number of ether oxygens (including phenoxy) is 1. The van der Waals surface area contributed by atoms with E-state index < -0.39 is 0 Å². The van der Waals surface area contributed by atoms with Crippen molar-refractivity contribution in [3.8, 4) is 0 Å². The third kappa shape index (κ3) is 4.01. The predicted octanol–water partition coefficient (Wildman–Crippen LogP) is 2.41. The Hall–Kier alpha value is -1.95. The van der Waals surface area contributed by atoms with Crippen molar-refractivity contribution in [2.75, 3.05) is 19.1 Å². The molecule has 114 valence electrons. The molecule has 0 amide bonds. The molecular weight excluding hydrogens is 266 g/mol. The summed E-state index contributed by atoms with van der Waals surface area (Å²) < 4.78 is 5.07. The number of rotatable bonds is 6. The fourth-order valence-corrected chi connectivity index (χ4v) is 2.11. The van der Waals surface area contributed by atoms with Crippen molar-refractivity contribution in [2.45, 2.75) is 39.8 Å². The van der Waals surface area contributed by atoms with E-state index >= 15 is 0 Å². The van der Waals surface area contributed by atoms with Crippen molar-refractivity contribution in [3.05, 3.63) is 35.0 Å². The lowest BCUT2D eigenvalue weighted by atomic mass is 10.1. The molecule has 21 heavy (non-hydrogen) atoms. The van der Waals surface area contributed by atoms with Gasteiger partial charge in [0.25, 0.3) is 0 Å². The first-order chi connectivity index (χ1) is 9.99. The first kappa shape index (κ1) is 15.4. The molecule has 0 aliphatic carbocycles. The summed E-state index contributed by atoms with van der Waals surface area (Å²) in [5.74, 6) is 2.11. The molecule has 1 N–H and O–H groups in total. The Labute approximate surface area is 125 Å². The summed E-state index contributed by atoms with van der Waals surface area (Å²) in [4.78, 5) is 11.1. The number of nitrogens with zero attached hydrogens (tertiary/aromatic N) is 4. The van der Waals surface area contributed by atoms with Gasteiger partial charge in [-0.15, -0.1) is 0 Å². The largest absolute Gasteiger partial charge is 0.378 e. The van der Waals surface area contributed by atoms with Gasteiger partial charge in [-0.3, -0.25) is 5.10 Å². The van der Waals surface area contributed by atoms with E-state index in [1.54, 1.807) is 7.11 Å². The molecule has 0 aromatic carbocycles. The molecule has 0 spiro atoms. The van der Waals surface area contributed by atoms with Crippen LogP contribution in [0.4, 0.5) is 5.82 Å². The zero-order valence-electron chi connectivity index (χ0n) is 13.3. The quantitative estimate of drug-likeness (QED) is 0.884. The fourth-order valence-electron chi connectivity index (χ4n) is 2.11. The van der Waals surface area contributed by atoms with Crippen LogP contribution in [-0.2, 0) is 17.9 Å². The molecule has 0 bridgehead atoms. The van der Waals surface area contributed by atoms with Crippen LogP contribution < -0.4 is 4.90 Å². The van der Waals surface area contributed by atoms with Crippen LogP contribution in [0.15, 0.2) is 12.1 Å². The topological polar surface area (TPSA) is 66.9 Å². The maximum absolute atomic E-state index is 5.07. The van der Waals surface area contributed by atoms with Crippen LogP contribution in [0.5, 0.6) is 0 Å². The van der Waals surface area contributed by atoms with Gasteiger partial charge in [0.2, 0.25) is 0 Å². The molecule has 2 rings (SSSR count). The standard InChI is InChI=1S/C15H23N5O/c1-10(2)14-7-15(17-11(3)16-14)20(4)8-12-6-13(9-21-5)19-18-12/h6-7,10H,8-9H2,1-5H3,(H,18,19). The highest BCUT2D eigenvalue weighted by Gasteiger charge is 2.11. The van der Waals surface area contributed by atoms with Gasteiger partial charge in [-0.2, -0.15) is 5.10 Å². The molecule has 0 aliphatic rings. The maximum Gasteiger partial charge on any atom is 0.132 e. The van der Waals surface area contributed by atoms with E-state index in [0.717, 1.165) is 28.7 Å². The first-order valence-corrected chi connectivity index (χ1v) is 7.08. The molecule has 0 saturated carbocycles. The van der Waals surface area contributed by atoms with E-state index in [-0.39, 0.29) is 0 Å². The molecule has 2 heterocycles. The average Bonchev–Trinajstić information content (AvgIpc) is 2.85. The van der Waals surface area contributed by atoms with E-state index in [1.165, 1.54) is 0 Å². The Morgan fingerprint density at radius 1 is 1.29 bits per heavy atom. The normalized spacial score (nSPS) is 11.1. The Balaban J connectivity index is 2.13. The van der Waals surface area contributed by atoms with Crippen molar-refractivity contribution in [1.29, 1.82) is 0 Å². The van der Waals surface area contributed by atoms with Crippen LogP contribution in [0.25, 0.3) is 0 Å². The van der Waals surface area contributed by atoms with Gasteiger partial charge in [0.05, 0.1) is 24.5 Å². The number of anilines is 1. The Kier molecular flexibility index (Phi) is 4.90. The fraction of sp³-hybridized carbons (Fsp3) is 0.533. The van der Waals surface area contributed by atoms with Crippen LogP contribution in [0.1, 0.15) is 42.7 Å². The maximum atomic E-state index is 5.07. The highest BCUT2D eigenvalue weighted by atomic mass is 16.5. The monoisotopic (exact) mass is 289 g/mol. The van der Waals surface area contributed by atoms with Gasteiger partial charge in [-0.05, 0) is 18.9 Å². The van der Waals surface area contributed by atoms with Gasteiger partial charge >= 0.3 is 0 Å². The Morgan fingerprint density at radius 3 is 2.71 bits per heavy atom. The molecule has 0 aliphatic heterocycles. The number of H-pyrrole nitrogens is 1. The number of nitrogens with one attached hydrogen (secondary N) is 1. The minimum absolute atomic E-state index is 0.388. The molecular formula is C15H23N5O. The molecule has 0 unspecified atom stereocenters. The molecule has 6 heteroatoms. The lowest BCUT2D eigenvalue weighted by Gasteiger charge is -2.19. The smallest absolute Gasteiger partial charge is 0.132 e. The van der Waals surface area contributed by atoms with Gasteiger partial charge in [-0.25, -0.2) is 9.97 Å². The molecule has 6 nitrogen and oxygen atoms in total. The number of hydrogen-bond acceptors (Lipinski definition) is 5. The van der Waals surface area contributed by atoms with Gasteiger partial charge in [0.1, 0.15) is 11.6 Å². The van der Waals surface area contributed by atoms with Crippen molar-refractivity contribution in [3.63, 3.8) is 0 Å². The molecule has 2 aromatic rings. The van der Waals surface area contributed by atoms with Crippen molar-refractivity contribution >= 4 is 5.82 Å². The Bertz CT molecular complexity index is 593. The second-order valence-electron chi connectivity index (χ2n) is 5.53. The third-order valence-electron chi connectivity index (χ3n) is 3.21. The minimum Gasteiger partial charge on any atom is -0.378 e. The number of hydrogen-bond donors (Lipinski definition) is 1. The van der Waals surface area contributed by atoms with Crippen LogP contribution >= 0.6 is 0 Å². The number of aromatic nitrogens is 4. The minimum atomic E-state index is 0.388. The number of methoxy groups -OCH3 is 1. The lowest BCUT2D eigenvalue weighted by Crippen LogP contribution is -2.19. The first-order valence-electron chi connectivity index (χ1n) is 7.08. The molecule has 0 atom stereocenters. The predicted molar refractivity (Wildman–Crippen MR) is 82.3 cm³/mol.